The van der Waals surface area contributed by atoms with E-state index >= 15 is 0 Å². The van der Waals surface area contributed by atoms with Crippen molar-refractivity contribution in [3.63, 3.8) is 0 Å². The third-order valence-corrected chi connectivity index (χ3v) is 6.36. The van der Waals surface area contributed by atoms with Crippen molar-refractivity contribution in [3.05, 3.63) is 42.0 Å². The first-order valence-electron chi connectivity index (χ1n) is 6.84. The number of benzene rings is 1. The van der Waals surface area contributed by atoms with E-state index in [0.29, 0.717) is 6.42 Å². The van der Waals surface area contributed by atoms with E-state index in [0.717, 1.165) is 5.56 Å². The van der Waals surface area contributed by atoms with Crippen LogP contribution in [0.3, 0.4) is 0 Å². The minimum absolute atomic E-state index is 0.132. The van der Waals surface area contributed by atoms with E-state index in [9.17, 15) is 8.42 Å². The van der Waals surface area contributed by atoms with Gasteiger partial charge < -0.3 is 0 Å². The average molecular weight is 413 g/mol. The average Bonchev–Trinajstić information content (AvgIpc) is 2.36. The fraction of sp³-hybridized carbons (Fsp3) is 0.375. The monoisotopic (exact) mass is 414 g/mol. The normalized spacial score (nSPS) is 12.2. The number of rotatable bonds is 5. The molecular formula is C16H22O3SSn. The molecule has 0 amide bonds. The van der Waals surface area contributed by atoms with Gasteiger partial charge in [-0.2, -0.15) is 0 Å². The SMILES string of the molecule is Cc1ccc(S(=O)(=O)OCC/C=C/C#[C][Sn]([CH3])([CH3])[CH3])cc1. The molecular weight excluding hydrogens is 391 g/mol. The molecule has 0 aliphatic rings. The second-order valence-electron chi connectivity index (χ2n) is 5.80. The zero-order valence-corrected chi connectivity index (χ0v) is 16.7. The van der Waals surface area contributed by atoms with Crippen LogP contribution in [0.15, 0.2) is 41.3 Å². The molecule has 0 aliphatic carbocycles. The Kier molecular flexibility index (Phi) is 6.98. The first-order valence-corrected chi connectivity index (χ1v) is 18.2. The van der Waals surface area contributed by atoms with Crippen molar-refractivity contribution >= 4 is 28.5 Å². The van der Waals surface area contributed by atoms with Gasteiger partial charge in [0.15, 0.2) is 0 Å². The van der Waals surface area contributed by atoms with E-state index in [2.05, 4.69) is 24.7 Å². The Morgan fingerprint density at radius 3 is 2.38 bits per heavy atom. The second kappa shape index (κ2) is 8.02. The fourth-order valence-corrected chi connectivity index (χ4v) is 3.79. The van der Waals surface area contributed by atoms with Crippen molar-refractivity contribution in [1.29, 1.82) is 0 Å². The first-order chi connectivity index (χ1) is 9.71. The van der Waals surface area contributed by atoms with Crippen LogP contribution in [0.25, 0.3) is 0 Å². The molecule has 0 heterocycles. The summed E-state index contributed by atoms with van der Waals surface area (Å²) in [4.78, 5) is 6.92. The van der Waals surface area contributed by atoms with Crippen LogP contribution < -0.4 is 0 Å². The van der Waals surface area contributed by atoms with Gasteiger partial charge in [0.25, 0.3) is 0 Å². The molecule has 0 atom stereocenters. The van der Waals surface area contributed by atoms with Crippen LogP contribution >= 0.6 is 0 Å². The molecule has 1 aromatic carbocycles. The molecule has 21 heavy (non-hydrogen) atoms. The summed E-state index contributed by atoms with van der Waals surface area (Å²) in [6.45, 7) is 2.04. The Morgan fingerprint density at radius 2 is 1.81 bits per heavy atom. The van der Waals surface area contributed by atoms with Crippen molar-refractivity contribution < 1.29 is 12.6 Å². The molecule has 0 fully saturated rings. The zero-order valence-electron chi connectivity index (χ0n) is 13.0. The molecule has 0 saturated heterocycles. The molecule has 1 rings (SSSR count). The topological polar surface area (TPSA) is 43.4 Å². The number of aryl methyl sites for hydroxylation is 1. The van der Waals surface area contributed by atoms with Gasteiger partial charge in [0, 0.05) is 0 Å². The molecule has 0 bridgehead atoms. The molecule has 0 spiro atoms. The maximum atomic E-state index is 11.9. The molecule has 0 N–H and O–H groups in total. The Labute approximate surface area is 132 Å². The molecule has 1 aromatic rings. The molecule has 114 valence electrons. The fourth-order valence-electron chi connectivity index (χ4n) is 1.40. The van der Waals surface area contributed by atoms with Gasteiger partial charge in [-0.25, -0.2) is 0 Å². The molecule has 0 aromatic heterocycles. The number of hydrogen-bond donors (Lipinski definition) is 0. The molecule has 3 nitrogen and oxygen atoms in total. The van der Waals surface area contributed by atoms with Gasteiger partial charge in [-0.3, -0.25) is 0 Å². The van der Waals surface area contributed by atoms with Gasteiger partial charge in [-0.1, -0.05) is 0 Å². The van der Waals surface area contributed by atoms with Gasteiger partial charge in [0.2, 0.25) is 0 Å². The van der Waals surface area contributed by atoms with Crippen LogP contribution in [0, 0.1) is 16.8 Å². The Bertz CT molecular complexity index is 641. The van der Waals surface area contributed by atoms with Crippen LogP contribution in [0.5, 0.6) is 0 Å². The van der Waals surface area contributed by atoms with Crippen LogP contribution in [-0.4, -0.2) is 33.4 Å². The summed E-state index contributed by atoms with van der Waals surface area (Å²) >= 11 is -2.02. The number of hydrogen-bond acceptors (Lipinski definition) is 3. The van der Waals surface area contributed by atoms with E-state index in [1.807, 2.05) is 13.0 Å². The summed E-state index contributed by atoms with van der Waals surface area (Å²) < 4.78 is 32.1. The van der Waals surface area contributed by atoms with Crippen molar-refractivity contribution in [2.45, 2.75) is 33.1 Å². The summed E-state index contributed by atoms with van der Waals surface area (Å²) in [7, 11) is -3.65. The zero-order chi connectivity index (χ0) is 15.9. The third kappa shape index (κ3) is 7.70. The van der Waals surface area contributed by atoms with Crippen molar-refractivity contribution in [3.8, 4) is 9.86 Å². The van der Waals surface area contributed by atoms with Gasteiger partial charge in [-0.15, -0.1) is 0 Å². The Balaban J connectivity index is 2.46. The van der Waals surface area contributed by atoms with Crippen molar-refractivity contribution in [2.24, 2.45) is 0 Å². The van der Waals surface area contributed by atoms with Crippen molar-refractivity contribution in [2.75, 3.05) is 6.61 Å². The Morgan fingerprint density at radius 1 is 1.19 bits per heavy atom. The van der Waals surface area contributed by atoms with E-state index in [4.69, 9.17) is 4.18 Å². The number of allylic oxidation sites excluding steroid dienone is 1. The van der Waals surface area contributed by atoms with E-state index in [1.54, 1.807) is 30.3 Å². The van der Waals surface area contributed by atoms with E-state index < -0.39 is 28.5 Å². The molecule has 0 saturated carbocycles. The van der Waals surface area contributed by atoms with Crippen LogP contribution in [0.2, 0.25) is 14.8 Å². The van der Waals surface area contributed by atoms with Crippen molar-refractivity contribution in [1.82, 2.24) is 0 Å². The van der Waals surface area contributed by atoms with E-state index in [1.165, 1.54) is 0 Å². The summed E-state index contributed by atoms with van der Waals surface area (Å²) in [5, 5.41) is 0. The quantitative estimate of drug-likeness (QED) is 0.321. The summed E-state index contributed by atoms with van der Waals surface area (Å²) in [6.07, 6.45) is 4.15. The summed E-state index contributed by atoms with van der Waals surface area (Å²) in [5.74, 6) is 3.02. The van der Waals surface area contributed by atoms with Crippen LogP contribution in [0.1, 0.15) is 12.0 Å². The maximum absolute atomic E-state index is 11.9. The standard InChI is InChI=1S/C13H13O3S.3CH3.Sn/c1-3-4-5-6-11-16-17(14,15)13-9-7-12(2)8-10-13;;;;/h4-5,7-10H,6,11H2,2H3;3*1H3;/b5-4+;;;;. The van der Waals surface area contributed by atoms with Crippen LogP contribution in [-0.2, 0) is 14.3 Å². The molecule has 0 radical (unpaired) electrons. The van der Waals surface area contributed by atoms with Gasteiger partial charge in [-0.05, 0) is 6.92 Å². The molecule has 5 heteroatoms. The predicted molar refractivity (Wildman–Crippen MR) is 89.2 cm³/mol. The predicted octanol–water partition coefficient (Wildman–Crippen LogP) is 3.53. The van der Waals surface area contributed by atoms with Gasteiger partial charge in [0.1, 0.15) is 0 Å². The van der Waals surface area contributed by atoms with Gasteiger partial charge in [0.05, 0.1) is 0 Å². The molecule has 0 aliphatic heterocycles. The van der Waals surface area contributed by atoms with E-state index in [-0.39, 0.29) is 11.5 Å². The summed E-state index contributed by atoms with van der Waals surface area (Å²) in [6, 6.07) is 6.62. The first kappa shape index (κ1) is 18.3. The molecule has 0 unspecified atom stereocenters. The van der Waals surface area contributed by atoms with Crippen LogP contribution in [0.4, 0.5) is 0 Å². The summed E-state index contributed by atoms with van der Waals surface area (Å²) in [5.41, 5.74) is 1.01. The van der Waals surface area contributed by atoms with Gasteiger partial charge >= 0.3 is 126 Å². The minimum atomic E-state index is -3.65. The Hall–Kier alpha value is -0.771. The second-order valence-corrected chi connectivity index (χ2v) is 21.0. The third-order valence-electron chi connectivity index (χ3n) is 2.48.